The third kappa shape index (κ3) is 3.67. The van der Waals surface area contributed by atoms with Crippen molar-refractivity contribution in [2.75, 3.05) is 13.1 Å². The van der Waals surface area contributed by atoms with Crippen molar-refractivity contribution in [1.29, 1.82) is 5.26 Å². The van der Waals surface area contributed by atoms with E-state index in [1.54, 1.807) is 0 Å². The molecule has 0 amide bonds. The highest BCUT2D eigenvalue weighted by Gasteiger charge is 2.09. The first-order valence-corrected chi connectivity index (χ1v) is 5.82. The lowest BCUT2D eigenvalue weighted by molar-refractivity contribution is 0.260. The second kappa shape index (κ2) is 6.29. The van der Waals surface area contributed by atoms with Gasteiger partial charge in [0.05, 0.1) is 18.2 Å². The van der Waals surface area contributed by atoms with Gasteiger partial charge in [-0.1, -0.05) is 6.92 Å². The summed E-state index contributed by atoms with van der Waals surface area (Å²) in [6.07, 6.45) is 3.98. The van der Waals surface area contributed by atoms with E-state index in [4.69, 9.17) is 5.26 Å². The van der Waals surface area contributed by atoms with Crippen molar-refractivity contribution >= 4 is 0 Å². The molecule has 1 rings (SSSR count). The largest absolute Gasteiger partial charge is 0.298 e. The predicted octanol–water partition coefficient (Wildman–Crippen LogP) is 1.88. The van der Waals surface area contributed by atoms with Crippen LogP contribution in [0.5, 0.6) is 0 Å². The molecule has 1 unspecified atom stereocenters. The maximum atomic E-state index is 8.79. The fourth-order valence-electron chi connectivity index (χ4n) is 1.65. The fraction of sp³-hybridized carbons (Fsp3) is 0.667. The van der Waals surface area contributed by atoms with Crippen molar-refractivity contribution in [3.05, 3.63) is 18.0 Å². The van der Waals surface area contributed by atoms with Crippen LogP contribution in [0.15, 0.2) is 12.4 Å². The van der Waals surface area contributed by atoms with Crippen molar-refractivity contribution in [2.45, 2.75) is 33.9 Å². The molecule has 16 heavy (non-hydrogen) atoms. The smallest absolute Gasteiger partial charge is 0.0666 e. The second-order valence-corrected chi connectivity index (χ2v) is 4.06. The number of aromatic nitrogens is 2. The van der Waals surface area contributed by atoms with Crippen LogP contribution >= 0.6 is 0 Å². The topological polar surface area (TPSA) is 44.9 Å². The van der Waals surface area contributed by atoms with Gasteiger partial charge in [0, 0.05) is 31.4 Å². The molecule has 0 N–H and O–H groups in total. The van der Waals surface area contributed by atoms with E-state index in [2.05, 4.69) is 36.1 Å². The molecule has 0 aliphatic carbocycles. The van der Waals surface area contributed by atoms with Crippen LogP contribution in [-0.2, 0) is 13.1 Å². The minimum absolute atomic E-state index is 0.0844. The van der Waals surface area contributed by atoms with Crippen molar-refractivity contribution in [3.63, 3.8) is 0 Å². The highest BCUT2D eigenvalue weighted by atomic mass is 15.3. The molecule has 1 aromatic rings. The Morgan fingerprint density at radius 2 is 2.31 bits per heavy atom. The molecule has 88 valence electrons. The lowest BCUT2D eigenvalue weighted by Gasteiger charge is -2.20. The molecule has 0 saturated heterocycles. The molecule has 0 spiro atoms. The zero-order valence-corrected chi connectivity index (χ0v) is 10.3. The summed E-state index contributed by atoms with van der Waals surface area (Å²) in [7, 11) is 0. The van der Waals surface area contributed by atoms with E-state index in [0.29, 0.717) is 0 Å². The van der Waals surface area contributed by atoms with Crippen LogP contribution in [0.4, 0.5) is 0 Å². The SMILES string of the molecule is CCN(Cc1cnn(CC)c1)CC(C)C#N. The van der Waals surface area contributed by atoms with Gasteiger partial charge in [-0.25, -0.2) is 0 Å². The van der Waals surface area contributed by atoms with Crippen LogP contribution in [0.25, 0.3) is 0 Å². The van der Waals surface area contributed by atoms with Crippen LogP contribution in [0, 0.1) is 17.2 Å². The van der Waals surface area contributed by atoms with Gasteiger partial charge in [0.2, 0.25) is 0 Å². The molecule has 0 aromatic carbocycles. The van der Waals surface area contributed by atoms with Gasteiger partial charge in [-0.15, -0.1) is 0 Å². The Bertz CT molecular complexity index is 350. The summed E-state index contributed by atoms with van der Waals surface area (Å²) in [6.45, 7) is 9.72. The van der Waals surface area contributed by atoms with Gasteiger partial charge in [-0.3, -0.25) is 9.58 Å². The number of aryl methyl sites for hydroxylation is 1. The van der Waals surface area contributed by atoms with E-state index in [1.807, 2.05) is 17.8 Å². The standard InChI is InChI=1S/C12H20N4/c1-4-15(8-11(3)6-13)9-12-7-14-16(5-2)10-12/h7,10-11H,4-5,8-9H2,1-3H3. The summed E-state index contributed by atoms with van der Waals surface area (Å²) in [5, 5.41) is 13.0. The number of hydrogen-bond donors (Lipinski definition) is 0. The van der Waals surface area contributed by atoms with Crippen LogP contribution in [0.3, 0.4) is 0 Å². The van der Waals surface area contributed by atoms with Crippen molar-refractivity contribution < 1.29 is 0 Å². The minimum Gasteiger partial charge on any atom is -0.298 e. The van der Waals surface area contributed by atoms with E-state index in [0.717, 1.165) is 26.2 Å². The van der Waals surface area contributed by atoms with Gasteiger partial charge in [0.15, 0.2) is 0 Å². The predicted molar refractivity (Wildman–Crippen MR) is 63.6 cm³/mol. The second-order valence-electron chi connectivity index (χ2n) is 4.06. The molecule has 0 aliphatic rings. The number of nitriles is 1. The highest BCUT2D eigenvalue weighted by Crippen LogP contribution is 2.06. The first-order chi connectivity index (χ1) is 7.69. The molecule has 1 heterocycles. The Kier molecular flexibility index (Phi) is 5.00. The van der Waals surface area contributed by atoms with Crippen molar-refractivity contribution in [3.8, 4) is 6.07 Å². The first-order valence-electron chi connectivity index (χ1n) is 5.82. The van der Waals surface area contributed by atoms with E-state index >= 15 is 0 Å². The van der Waals surface area contributed by atoms with E-state index in [1.165, 1.54) is 5.56 Å². The Labute approximate surface area is 97.5 Å². The average molecular weight is 220 g/mol. The van der Waals surface area contributed by atoms with Gasteiger partial charge < -0.3 is 0 Å². The number of rotatable bonds is 6. The summed E-state index contributed by atoms with van der Waals surface area (Å²) < 4.78 is 1.93. The quantitative estimate of drug-likeness (QED) is 0.735. The summed E-state index contributed by atoms with van der Waals surface area (Å²) >= 11 is 0. The molecule has 0 fully saturated rings. The molecule has 4 heteroatoms. The Morgan fingerprint density at radius 1 is 1.56 bits per heavy atom. The van der Waals surface area contributed by atoms with Gasteiger partial charge in [0.25, 0.3) is 0 Å². The molecular weight excluding hydrogens is 200 g/mol. The van der Waals surface area contributed by atoms with E-state index in [9.17, 15) is 0 Å². The molecule has 1 atom stereocenters. The van der Waals surface area contributed by atoms with Crippen molar-refractivity contribution in [1.82, 2.24) is 14.7 Å². The molecule has 4 nitrogen and oxygen atoms in total. The molecule has 0 aliphatic heterocycles. The first kappa shape index (κ1) is 12.7. The minimum atomic E-state index is 0.0844. The molecule has 0 bridgehead atoms. The summed E-state index contributed by atoms with van der Waals surface area (Å²) in [4.78, 5) is 2.27. The maximum absolute atomic E-state index is 8.79. The third-order valence-corrected chi connectivity index (χ3v) is 2.62. The van der Waals surface area contributed by atoms with Crippen LogP contribution in [-0.4, -0.2) is 27.8 Å². The van der Waals surface area contributed by atoms with Crippen molar-refractivity contribution in [2.24, 2.45) is 5.92 Å². The Morgan fingerprint density at radius 3 is 2.81 bits per heavy atom. The van der Waals surface area contributed by atoms with Gasteiger partial charge in [-0.2, -0.15) is 10.4 Å². The van der Waals surface area contributed by atoms with Crippen LogP contribution < -0.4 is 0 Å². The monoisotopic (exact) mass is 220 g/mol. The maximum Gasteiger partial charge on any atom is 0.0666 e. The molecule has 0 saturated carbocycles. The summed E-state index contributed by atoms with van der Waals surface area (Å²) in [5.41, 5.74) is 1.22. The molecule has 0 radical (unpaired) electrons. The normalized spacial score (nSPS) is 12.7. The number of hydrogen-bond acceptors (Lipinski definition) is 3. The van der Waals surface area contributed by atoms with E-state index in [-0.39, 0.29) is 5.92 Å². The summed E-state index contributed by atoms with van der Waals surface area (Å²) in [5.74, 6) is 0.0844. The molecular formula is C12H20N4. The van der Waals surface area contributed by atoms with Crippen LogP contribution in [0.1, 0.15) is 26.3 Å². The van der Waals surface area contributed by atoms with Gasteiger partial charge >= 0.3 is 0 Å². The highest BCUT2D eigenvalue weighted by molar-refractivity contribution is 5.03. The Balaban J connectivity index is 2.53. The fourth-order valence-corrected chi connectivity index (χ4v) is 1.65. The van der Waals surface area contributed by atoms with Gasteiger partial charge in [-0.05, 0) is 20.4 Å². The Hall–Kier alpha value is -1.34. The lowest BCUT2D eigenvalue weighted by Crippen LogP contribution is -2.27. The van der Waals surface area contributed by atoms with E-state index < -0.39 is 0 Å². The van der Waals surface area contributed by atoms with Crippen LogP contribution in [0.2, 0.25) is 0 Å². The molecule has 1 aromatic heterocycles. The lowest BCUT2D eigenvalue weighted by atomic mass is 10.2. The zero-order valence-electron chi connectivity index (χ0n) is 10.3. The average Bonchev–Trinajstić information content (AvgIpc) is 2.75. The zero-order chi connectivity index (χ0) is 12.0. The third-order valence-electron chi connectivity index (χ3n) is 2.62. The van der Waals surface area contributed by atoms with Gasteiger partial charge in [0.1, 0.15) is 0 Å². The summed E-state index contributed by atoms with van der Waals surface area (Å²) in [6, 6.07) is 2.27. The number of nitrogens with zero attached hydrogens (tertiary/aromatic N) is 4.